The summed E-state index contributed by atoms with van der Waals surface area (Å²) in [6.07, 6.45) is 3.24. The summed E-state index contributed by atoms with van der Waals surface area (Å²) < 4.78 is 7.34. The van der Waals surface area contributed by atoms with Gasteiger partial charge in [0.15, 0.2) is 11.5 Å². The van der Waals surface area contributed by atoms with E-state index in [-0.39, 0.29) is 0 Å². The highest BCUT2D eigenvalue weighted by molar-refractivity contribution is 5.49. The van der Waals surface area contributed by atoms with Crippen LogP contribution < -0.4 is 0 Å². The van der Waals surface area contributed by atoms with Crippen molar-refractivity contribution in [3.63, 3.8) is 0 Å². The van der Waals surface area contributed by atoms with Gasteiger partial charge in [-0.05, 0) is 51.4 Å². The van der Waals surface area contributed by atoms with Crippen molar-refractivity contribution < 1.29 is 4.52 Å². The van der Waals surface area contributed by atoms with Gasteiger partial charge in [-0.2, -0.15) is 4.98 Å². The van der Waals surface area contributed by atoms with Gasteiger partial charge in [0.05, 0.1) is 12.2 Å². The first-order chi connectivity index (χ1) is 12.7. The van der Waals surface area contributed by atoms with E-state index in [1.807, 2.05) is 29.8 Å². The topological polar surface area (TPSA) is 72.9 Å². The van der Waals surface area contributed by atoms with Crippen LogP contribution in [0.25, 0.3) is 11.6 Å². The lowest BCUT2D eigenvalue weighted by molar-refractivity contribution is 0.216. The molecule has 26 heavy (non-hydrogen) atoms. The van der Waals surface area contributed by atoms with Crippen molar-refractivity contribution in [2.24, 2.45) is 5.92 Å². The van der Waals surface area contributed by atoms with Crippen LogP contribution in [0.4, 0.5) is 0 Å². The van der Waals surface area contributed by atoms with E-state index in [4.69, 9.17) is 4.52 Å². The Bertz CT molecular complexity index is 848. The minimum absolute atomic E-state index is 0.463. The third-order valence-corrected chi connectivity index (χ3v) is 5.14. The van der Waals surface area contributed by atoms with E-state index in [9.17, 15) is 0 Å². The van der Waals surface area contributed by atoms with Gasteiger partial charge in [-0.3, -0.25) is 0 Å². The van der Waals surface area contributed by atoms with E-state index >= 15 is 0 Å². The van der Waals surface area contributed by atoms with Crippen molar-refractivity contribution in [2.45, 2.75) is 32.7 Å². The highest BCUT2D eigenvalue weighted by Crippen LogP contribution is 2.23. The first-order valence-electron chi connectivity index (χ1n) is 9.14. The second kappa shape index (κ2) is 7.37. The van der Waals surface area contributed by atoms with Gasteiger partial charge in [0.1, 0.15) is 0 Å². The van der Waals surface area contributed by atoms with Crippen LogP contribution in [0.1, 0.15) is 29.9 Å². The lowest BCUT2D eigenvalue weighted by Crippen LogP contribution is -2.31. The molecule has 3 aromatic rings. The van der Waals surface area contributed by atoms with Crippen molar-refractivity contribution in [3.05, 3.63) is 47.4 Å². The molecule has 3 heterocycles. The van der Waals surface area contributed by atoms with Crippen LogP contribution in [-0.2, 0) is 13.0 Å². The van der Waals surface area contributed by atoms with Crippen LogP contribution in [0, 0.1) is 12.8 Å². The summed E-state index contributed by atoms with van der Waals surface area (Å²) in [6.45, 7) is 4.94. The molecule has 2 aromatic heterocycles. The summed E-state index contributed by atoms with van der Waals surface area (Å²) in [5, 5.41) is 12.7. The Morgan fingerprint density at radius 3 is 2.69 bits per heavy atom. The van der Waals surface area contributed by atoms with E-state index in [0.29, 0.717) is 24.0 Å². The van der Waals surface area contributed by atoms with E-state index in [1.165, 1.54) is 18.4 Å². The Balaban J connectivity index is 1.46. The van der Waals surface area contributed by atoms with E-state index in [2.05, 4.69) is 44.5 Å². The molecule has 7 heteroatoms. The predicted molar refractivity (Wildman–Crippen MR) is 97.5 cm³/mol. The molecule has 0 amide bonds. The first-order valence-corrected chi connectivity index (χ1v) is 9.14. The summed E-state index contributed by atoms with van der Waals surface area (Å²) in [5.74, 6) is 1.86. The molecule has 0 atom stereocenters. The molecule has 1 aromatic carbocycles. The standard InChI is InChI=1S/C19H24N6O/c1-14-18(21-23-25(14)13-16-6-4-3-5-7-16)19-20-17(22-26-19)12-15-8-10-24(2)11-9-15/h3-7,15H,8-13H2,1-2H3. The zero-order valence-electron chi connectivity index (χ0n) is 15.3. The Kier molecular flexibility index (Phi) is 4.79. The lowest BCUT2D eigenvalue weighted by atomic mass is 9.94. The number of rotatable bonds is 5. The van der Waals surface area contributed by atoms with Crippen LogP contribution >= 0.6 is 0 Å². The maximum atomic E-state index is 5.47. The molecule has 0 N–H and O–H groups in total. The van der Waals surface area contributed by atoms with E-state index in [0.717, 1.165) is 31.0 Å². The van der Waals surface area contributed by atoms with Gasteiger partial charge in [-0.15, -0.1) is 5.10 Å². The van der Waals surface area contributed by atoms with Crippen LogP contribution in [-0.4, -0.2) is 50.2 Å². The van der Waals surface area contributed by atoms with Crippen molar-refractivity contribution in [1.82, 2.24) is 30.0 Å². The number of hydrogen-bond acceptors (Lipinski definition) is 6. The molecule has 136 valence electrons. The monoisotopic (exact) mass is 352 g/mol. The molecule has 1 aliphatic heterocycles. The van der Waals surface area contributed by atoms with E-state index < -0.39 is 0 Å². The fourth-order valence-electron chi connectivity index (χ4n) is 3.42. The zero-order valence-corrected chi connectivity index (χ0v) is 15.3. The Morgan fingerprint density at radius 1 is 1.15 bits per heavy atom. The molecule has 0 radical (unpaired) electrons. The maximum Gasteiger partial charge on any atom is 0.280 e. The molecule has 1 saturated heterocycles. The highest BCUT2D eigenvalue weighted by Gasteiger charge is 2.22. The van der Waals surface area contributed by atoms with Crippen LogP contribution in [0.3, 0.4) is 0 Å². The van der Waals surface area contributed by atoms with Gasteiger partial charge in [0.25, 0.3) is 5.89 Å². The van der Waals surface area contributed by atoms with Gasteiger partial charge in [0.2, 0.25) is 0 Å². The third-order valence-electron chi connectivity index (χ3n) is 5.14. The predicted octanol–water partition coefficient (Wildman–Crippen LogP) is 2.57. The van der Waals surface area contributed by atoms with Gasteiger partial charge in [-0.1, -0.05) is 40.7 Å². The quantitative estimate of drug-likeness (QED) is 0.703. The Morgan fingerprint density at radius 2 is 1.92 bits per heavy atom. The second-order valence-corrected chi connectivity index (χ2v) is 7.13. The average Bonchev–Trinajstić information content (AvgIpc) is 3.25. The molecular weight excluding hydrogens is 328 g/mol. The molecule has 1 fully saturated rings. The average molecular weight is 352 g/mol. The fourth-order valence-corrected chi connectivity index (χ4v) is 3.42. The zero-order chi connectivity index (χ0) is 17.9. The second-order valence-electron chi connectivity index (χ2n) is 7.13. The molecule has 1 aliphatic rings. The van der Waals surface area contributed by atoms with Crippen molar-refractivity contribution >= 4 is 0 Å². The van der Waals surface area contributed by atoms with Crippen LogP contribution in [0.2, 0.25) is 0 Å². The first kappa shape index (κ1) is 16.9. The van der Waals surface area contributed by atoms with Crippen molar-refractivity contribution in [2.75, 3.05) is 20.1 Å². The Labute approximate surface area is 153 Å². The fraction of sp³-hybridized carbons (Fsp3) is 0.474. The molecule has 0 aliphatic carbocycles. The molecule has 7 nitrogen and oxygen atoms in total. The number of nitrogens with zero attached hydrogens (tertiary/aromatic N) is 6. The molecular formula is C19H24N6O. The molecule has 0 spiro atoms. The smallest absolute Gasteiger partial charge is 0.280 e. The minimum Gasteiger partial charge on any atom is -0.332 e. The van der Waals surface area contributed by atoms with Gasteiger partial charge < -0.3 is 9.42 Å². The number of benzene rings is 1. The summed E-state index contributed by atoms with van der Waals surface area (Å²) in [5.41, 5.74) is 2.78. The molecule has 0 saturated carbocycles. The molecule has 0 bridgehead atoms. The van der Waals surface area contributed by atoms with Gasteiger partial charge >= 0.3 is 0 Å². The van der Waals surface area contributed by atoms with Gasteiger partial charge in [-0.25, -0.2) is 4.68 Å². The summed E-state index contributed by atoms with van der Waals surface area (Å²) in [6, 6.07) is 10.2. The molecule has 0 unspecified atom stereocenters. The van der Waals surface area contributed by atoms with Crippen molar-refractivity contribution in [1.29, 1.82) is 0 Å². The summed E-state index contributed by atoms with van der Waals surface area (Å²) in [7, 11) is 2.17. The Hall–Kier alpha value is -2.54. The van der Waals surface area contributed by atoms with E-state index in [1.54, 1.807) is 0 Å². The number of hydrogen-bond donors (Lipinski definition) is 0. The van der Waals surface area contributed by atoms with Gasteiger partial charge in [0, 0.05) is 6.42 Å². The summed E-state index contributed by atoms with van der Waals surface area (Å²) in [4.78, 5) is 6.94. The number of aromatic nitrogens is 5. The third kappa shape index (κ3) is 3.67. The minimum atomic E-state index is 0.463. The lowest BCUT2D eigenvalue weighted by Gasteiger charge is -2.27. The molecule has 4 rings (SSSR count). The number of likely N-dealkylation sites (tertiary alicyclic amines) is 1. The van der Waals surface area contributed by atoms with Crippen LogP contribution in [0.5, 0.6) is 0 Å². The maximum absolute atomic E-state index is 5.47. The highest BCUT2D eigenvalue weighted by atomic mass is 16.5. The number of piperidine rings is 1. The van der Waals surface area contributed by atoms with Crippen molar-refractivity contribution in [3.8, 4) is 11.6 Å². The SMILES string of the molecule is Cc1c(-c2nc(CC3CCN(C)CC3)no2)nnn1Cc1ccccc1. The van der Waals surface area contributed by atoms with Crippen LogP contribution in [0.15, 0.2) is 34.9 Å². The summed E-state index contributed by atoms with van der Waals surface area (Å²) >= 11 is 0. The normalized spacial score (nSPS) is 16.2. The largest absolute Gasteiger partial charge is 0.332 e.